The molecular formula is C18H17N3. The Morgan fingerprint density at radius 2 is 1.95 bits per heavy atom. The molecule has 1 aliphatic rings. The van der Waals surface area contributed by atoms with E-state index in [0.717, 1.165) is 24.5 Å². The van der Waals surface area contributed by atoms with Crippen LogP contribution in [0.25, 0.3) is 22.4 Å². The summed E-state index contributed by atoms with van der Waals surface area (Å²) in [6, 6.07) is 15.3. The van der Waals surface area contributed by atoms with Crippen molar-refractivity contribution in [3.8, 4) is 22.4 Å². The maximum atomic E-state index is 4.40. The van der Waals surface area contributed by atoms with E-state index in [0.29, 0.717) is 0 Å². The van der Waals surface area contributed by atoms with Gasteiger partial charge < -0.3 is 10.3 Å². The highest BCUT2D eigenvalue weighted by Crippen LogP contribution is 2.38. The SMILES string of the molecule is CNCc1ncc(-c2ccc3c(c2)Cc2ccccc2-3)[nH]1. The Labute approximate surface area is 124 Å². The number of aromatic nitrogens is 2. The van der Waals surface area contributed by atoms with Crippen LogP contribution in [0.3, 0.4) is 0 Å². The quantitative estimate of drug-likeness (QED) is 0.602. The predicted molar refractivity (Wildman–Crippen MR) is 85.0 cm³/mol. The lowest BCUT2D eigenvalue weighted by molar-refractivity contribution is 0.772. The molecule has 0 radical (unpaired) electrons. The molecule has 1 aromatic heterocycles. The van der Waals surface area contributed by atoms with Gasteiger partial charge in [-0.15, -0.1) is 0 Å². The smallest absolute Gasteiger partial charge is 0.120 e. The van der Waals surface area contributed by atoms with Crippen LogP contribution in [-0.4, -0.2) is 17.0 Å². The fraction of sp³-hybridized carbons (Fsp3) is 0.167. The van der Waals surface area contributed by atoms with Crippen molar-refractivity contribution in [3.63, 3.8) is 0 Å². The molecule has 21 heavy (non-hydrogen) atoms. The number of nitrogens with zero attached hydrogens (tertiary/aromatic N) is 1. The highest BCUT2D eigenvalue weighted by Gasteiger charge is 2.18. The second-order valence-electron chi connectivity index (χ2n) is 5.48. The van der Waals surface area contributed by atoms with E-state index in [4.69, 9.17) is 0 Å². The molecule has 0 aliphatic heterocycles. The number of imidazole rings is 1. The summed E-state index contributed by atoms with van der Waals surface area (Å²) in [5, 5.41) is 3.11. The summed E-state index contributed by atoms with van der Waals surface area (Å²) in [6.07, 6.45) is 2.94. The third-order valence-electron chi connectivity index (χ3n) is 4.08. The second kappa shape index (κ2) is 4.86. The minimum Gasteiger partial charge on any atom is -0.341 e. The monoisotopic (exact) mass is 275 g/mol. The topological polar surface area (TPSA) is 40.7 Å². The summed E-state index contributed by atoms with van der Waals surface area (Å²) in [5.41, 5.74) is 7.85. The van der Waals surface area contributed by atoms with Crippen molar-refractivity contribution in [1.29, 1.82) is 0 Å². The summed E-state index contributed by atoms with van der Waals surface area (Å²) in [5.74, 6) is 0.969. The summed E-state index contributed by atoms with van der Waals surface area (Å²) in [6.45, 7) is 0.760. The molecule has 0 atom stereocenters. The van der Waals surface area contributed by atoms with Crippen molar-refractivity contribution >= 4 is 0 Å². The zero-order valence-corrected chi connectivity index (χ0v) is 12.0. The fourth-order valence-corrected chi connectivity index (χ4v) is 3.08. The molecule has 4 rings (SSSR count). The Morgan fingerprint density at radius 3 is 2.86 bits per heavy atom. The summed E-state index contributed by atoms with van der Waals surface area (Å²) in [7, 11) is 1.93. The van der Waals surface area contributed by atoms with Crippen molar-refractivity contribution in [2.45, 2.75) is 13.0 Å². The van der Waals surface area contributed by atoms with E-state index >= 15 is 0 Å². The first kappa shape index (κ1) is 12.4. The number of hydrogen-bond donors (Lipinski definition) is 2. The van der Waals surface area contributed by atoms with E-state index in [-0.39, 0.29) is 0 Å². The first-order valence-electron chi connectivity index (χ1n) is 7.25. The highest BCUT2D eigenvalue weighted by atomic mass is 15.0. The molecule has 2 aromatic carbocycles. The molecule has 0 bridgehead atoms. The molecule has 0 amide bonds. The number of benzene rings is 2. The van der Waals surface area contributed by atoms with Gasteiger partial charge in [-0.1, -0.05) is 36.4 Å². The molecule has 3 heteroatoms. The predicted octanol–water partition coefficient (Wildman–Crippen LogP) is 3.37. The highest BCUT2D eigenvalue weighted by molar-refractivity contribution is 5.79. The van der Waals surface area contributed by atoms with E-state index in [1.165, 1.54) is 27.8 Å². The number of aromatic amines is 1. The molecule has 0 unspecified atom stereocenters. The summed E-state index contributed by atoms with van der Waals surface area (Å²) < 4.78 is 0. The Bertz CT molecular complexity index is 802. The van der Waals surface area contributed by atoms with Gasteiger partial charge in [-0.25, -0.2) is 4.98 Å². The molecule has 0 saturated carbocycles. The number of hydrogen-bond acceptors (Lipinski definition) is 2. The average molecular weight is 275 g/mol. The molecule has 1 aliphatic carbocycles. The Balaban J connectivity index is 1.72. The van der Waals surface area contributed by atoms with Gasteiger partial charge in [0.2, 0.25) is 0 Å². The van der Waals surface area contributed by atoms with Crippen molar-refractivity contribution in [1.82, 2.24) is 15.3 Å². The molecule has 1 heterocycles. The van der Waals surface area contributed by atoms with E-state index < -0.39 is 0 Å². The number of fused-ring (bicyclic) bond motifs is 3. The molecule has 104 valence electrons. The average Bonchev–Trinajstić information content (AvgIpc) is 3.11. The molecule has 2 N–H and O–H groups in total. The van der Waals surface area contributed by atoms with Crippen LogP contribution in [0.2, 0.25) is 0 Å². The van der Waals surface area contributed by atoms with Gasteiger partial charge in [0.15, 0.2) is 0 Å². The van der Waals surface area contributed by atoms with Crippen LogP contribution in [0.1, 0.15) is 17.0 Å². The van der Waals surface area contributed by atoms with Crippen molar-refractivity contribution < 1.29 is 0 Å². The first-order valence-corrected chi connectivity index (χ1v) is 7.25. The lowest BCUT2D eigenvalue weighted by Gasteiger charge is -2.03. The summed E-state index contributed by atoms with van der Waals surface area (Å²) >= 11 is 0. The second-order valence-corrected chi connectivity index (χ2v) is 5.48. The molecule has 0 fully saturated rings. The van der Waals surface area contributed by atoms with Crippen molar-refractivity contribution in [3.05, 3.63) is 65.6 Å². The van der Waals surface area contributed by atoms with Gasteiger partial charge in [0.05, 0.1) is 18.4 Å². The van der Waals surface area contributed by atoms with E-state index in [9.17, 15) is 0 Å². The third kappa shape index (κ3) is 2.06. The number of rotatable bonds is 3. The first-order chi connectivity index (χ1) is 10.3. The standard InChI is InChI=1S/C18H17N3/c1-19-11-18-20-10-17(21-18)13-6-7-16-14(9-13)8-12-4-2-3-5-15(12)16/h2-7,9-10,19H,8,11H2,1H3,(H,20,21). The van der Waals surface area contributed by atoms with Gasteiger partial charge in [0.25, 0.3) is 0 Å². The van der Waals surface area contributed by atoms with Crippen LogP contribution in [0, 0.1) is 0 Å². The maximum absolute atomic E-state index is 4.40. The number of H-pyrrole nitrogens is 1. The minimum atomic E-state index is 0.760. The molecule has 3 nitrogen and oxygen atoms in total. The van der Waals surface area contributed by atoms with Crippen LogP contribution in [0.4, 0.5) is 0 Å². The van der Waals surface area contributed by atoms with Crippen LogP contribution in [-0.2, 0) is 13.0 Å². The molecule has 0 spiro atoms. The lowest BCUT2D eigenvalue weighted by atomic mass is 10.0. The Kier molecular flexibility index (Phi) is 2.86. The normalized spacial score (nSPS) is 12.2. The molecule has 0 saturated heterocycles. The van der Waals surface area contributed by atoms with Crippen LogP contribution < -0.4 is 5.32 Å². The van der Waals surface area contributed by atoms with E-state index in [1.54, 1.807) is 0 Å². The zero-order valence-electron chi connectivity index (χ0n) is 12.0. The largest absolute Gasteiger partial charge is 0.341 e. The maximum Gasteiger partial charge on any atom is 0.120 e. The lowest BCUT2D eigenvalue weighted by Crippen LogP contribution is -2.06. The molecular weight excluding hydrogens is 258 g/mol. The van der Waals surface area contributed by atoms with Crippen LogP contribution >= 0.6 is 0 Å². The van der Waals surface area contributed by atoms with Gasteiger partial charge in [0, 0.05) is 0 Å². The van der Waals surface area contributed by atoms with Crippen LogP contribution in [0.15, 0.2) is 48.7 Å². The molecule has 3 aromatic rings. The van der Waals surface area contributed by atoms with Crippen molar-refractivity contribution in [2.75, 3.05) is 7.05 Å². The Morgan fingerprint density at radius 1 is 1.10 bits per heavy atom. The third-order valence-corrected chi connectivity index (χ3v) is 4.08. The van der Waals surface area contributed by atoms with E-state index in [2.05, 4.69) is 57.7 Å². The summed E-state index contributed by atoms with van der Waals surface area (Å²) in [4.78, 5) is 7.77. The van der Waals surface area contributed by atoms with Gasteiger partial charge in [-0.2, -0.15) is 0 Å². The van der Waals surface area contributed by atoms with Crippen molar-refractivity contribution in [2.24, 2.45) is 0 Å². The number of nitrogens with one attached hydrogen (secondary N) is 2. The van der Waals surface area contributed by atoms with Gasteiger partial charge in [-0.3, -0.25) is 0 Å². The Hall–Kier alpha value is -2.39. The van der Waals surface area contributed by atoms with E-state index in [1.807, 2.05) is 13.2 Å². The zero-order chi connectivity index (χ0) is 14.2. The fourth-order valence-electron chi connectivity index (χ4n) is 3.08. The van der Waals surface area contributed by atoms with Gasteiger partial charge in [-0.05, 0) is 47.4 Å². The minimum absolute atomic E-state index is 0.760. The van der Waals surface area contributed by atoms with Crippen LogP contribution in [0.5, 0.6) is 0 Å². The van der Waals surface area contributed by atoms with Gasteiger partial charge in [0.1, 0.15) is 5.82 Å². The van der Waals surface area contributed by atoms with Gasteiger partial charge >= 0.3 is 0 Å².